The van der Waals surface area contributed by atoms with Crippen molar-refractivity contribution >= 4 is 34.2 Å². The topological polar surface area (TPSA) is 217 Å². The molecule has 2 amide bonds. The molecular weight excluding hydrogens is 953 g/mol. The van der Waals surface area contributed by atoms with Gasteiger partial charge in [-0.05, 0) is 102 Å². The van der Waals surface area contributed by atoms with Crippen LogP contribution in [0.1, 0.15) is 142 Å². The van der Waals surface area contributed by atoms with Crippen LogP contribution in [0.4, 0.5) is 10.5 Å². The Morgan fingerprint density at radius 1 is 0.853 bits per heavy atom. The van der Waals surface area contributed by atoms with Crippen molar-refractivity contribution in [2.24, 2.45) is 50.9 Å². The van der Waals surface area contributed by atoms with Gasteiger partial charge < -0.3 is 55.0 Å². The van der Waals surface area contributed by atoms with Gasteiger partial charge in [0.15, 0.2) is 17.5 Å². The van der Waals surface area contributed by atoms with E-state index in [1.165, 1.54) is 45.3 Å². The van der Waals surface area contributed by atoms with Crippen molar-refractivity contribution in [1.29, 1.82) is 0 Å². The van der Waals surface area contributed by atoms with Gasteiger partial charge in [-0.1, -0.05) is 79.0 Å². The number of hydrogen-bond donors (Lipinski definition) is 6. The van der Waals surface area contributed by atoms with E-state index in [1.807, 2.05) is 37.8 Å². The van der Waals surface area contributed by atoms with Crippen LogP contribution in [0.5, 0.6) is 17.2 Å². The van der Waals surface area contributed by atoms with E-state index in [4.69, 9.17) is 24.6 Å². The van der Waals surface area contributed by atoms with Gasteiger partial charge in [-0.2, -0.15) is 0 Å². The number of benzene rings is 2. The molecule has 16 nitrogen and oxygen atoms in total. The molecule has 5 unspecified atom stereocenters. The number of Topliss-reactive ketones (excluding diaryl/α,β-unsaturated/α-hetero) is 1. The summed E-state index contributed by atoms with van der Waals surface area (Å²) < 4.78 is 12.6. The highest BCUT2D eigenvalue weighted by atomic mass is 16.6. The van der Waals surface area contributed by atoms with Crippen molar-refractivity contribution in [2.75, 3.05) is 64.8 Å². The Bertz CT molecular complexity index is 2620. The Labute approximate surface area is 444 Å². The van der Waals surface area contributed by atoms with Gasteiger partial charge in [-0.3, -0.25) is 19.6 Å². The van der Waals surface area contributed by atoms with Gasteiger partial charge in [-0.25, -0.2) is 4.79 Å². The molecule has 16 heteroatoms. The quantitative estimate of drug-likeness (QED) is 0.156. The third-order valence-electron chi connectivity index (χ3n) is 17.3. The molecule has 2 spiro atoms. The van der Waals surface area contributed by atoms with Gasteiger partial charge in [0.2, 0.25) is 5.78 Å². The van der Waals surface area contributed by atoms with Crippen LogP contribution < -0.4 is 16.0 Å². The van der Waals surface area contributed by atoms with Gasteiger partial charge in [0, 0.05) is 93.6 Å². The van der Waals surface area contributed by atoms with Crippen molar-refractivity contribution in [3.63, 3.8) is 0 Å². The van der Waals surface area contributed by atoms with E-state index in [-0.39, 0.29) is 67.6 Å². The second-order valence-corrected chi connectivity index (χ2v) is 23.7. The number of rotatable bonds is 5. The van der Waals surface area contributed by atoms with E-state index < -0.39 is 58.8 Å². The lowest BCUT2D eigenvalue weighted by Gasteiger charge is -2.36. The summed E-state index contributed by atoms with van der Waals surface area (Å²) >= 11 is 0. The highest BCUT2D eigenvalue weighted by Crippen LogP contribution is 2.46. The molecule has 75 heavy (non-hydrogen) atoms. The van der Waals surface area contributed by atoms with E-state index in [0.717, 1.165) is 52.0 Å². The van der Waals surface area contributed by atoms with E-state index in [9.17, 15) is 34.8 Å². The Morgan fingerprint density at radius 3 is 2.21 bits per heavy atom. The average Bonchev–Trinajstić information content (AvgIpc) is 4.11. The zero-order valence-electron chi connectivity index (χ0n) is 46.5. The summed E-state index contributed by atoms with van der Waals surface area (Å²) in [5.41, 5.74) is -0.856. The standard InChI is InChI=1S/C58H84N6O9.CH4O/c1-34(2)30-62-25-22-58(23-26-62)60-46-43-44-50(66)39(7)51(67)45(43)53(69)48(47(46)61-58)59-55(70)37(5)16-13-15-35(3)29-38(6)49(65)40(8)54(36(4)17-14-28-72-41(9)52(44)68)73-56(71)64-27-21-57(33-64)20-24-63(32-57)31-42-18-11-10-12-19-42;1-2/h13-16,28,34-36,38,40-42,49,54,65-67,69H,10-12,17-27,29-33H2,1-9H3,(H,59,70);2H,1H3/b15-13+,28-14+,37-16-;/t35?,36-,38-,40-,41?,49?,54?,57?;/m1./s1. The second kappa shape index (κ2) is 24.5. The number of ether oxygens (including phenoxy) is 2. The molecule has 3 saturated heterocycles. The van der Waals surface area contributed by atoms with Crippen LogP contribution in [0.2, 0.25) is 0 Å². The number of phenolic OH excluding ortho intramolecular Hbond substituents is 3. The number of amides is 2. The van der Waals surface area contributed by atoms with E-state index in [0.29, 0.717) is 63.4 Å². The Kier molecular flexibility index (Phi) is 18.9. The molecule has 6 aliphatic heterocycles. The van der Waals surface area contributed by atoms with Crippen molar-refractivity contribution in [3.05, 3.63) is 58.0 Å². The number of nitrogens with zero attached hydrogens (tertiary/aromatic N) is 5. The minimum Gasteiger partial charge on any atom is -0.507 e. The zero-order chi connectivity index (χ0) is 54.5. The Balaban J connectivity index is 0.00000405. The minimum absolute atomic E-state index is 0.00998. The van der Waals surface area contributed by atoms with Gasteiger partial charge in [0.1, 0.15) is 28.6 Å². The number of allylic oxidation sites excluding steroid dienone is 4. The summed E-state index contributed by atoms with van der Waals surface area (Å²) in [6.45, 7) is 23.9. The van der Waals surface area contributed by atoms with E-state index in [2.05, 4.69) is 35.9 Å². The van der Waals surface area contributed by atoms with E-state index >= 15 is 0 Å². The number of phenols is 3. The first-order valence-electron chi connectivity index (χ1n) is 28.0. The number of aromatic hydroxyl groups is 3. The Hall–Kier alpha value is -5.03. The third-order valence-corrected chi connectivity index (χ3v) is 17.3. The molecule has 4 bridgehead atoms. The maximum Gasteiger partial charge on any atom is 0.410 e. The van der Waals surface area contributed by atoms with Crippen molar-refractivity contribution in [2.45, 2.75) is 157 Å². The zero-order valence-corrected chi connectivity index (χ0v) is 46.5. The average molecular weight is 1040 g/mol. The number of carbonyl (C=O) groups is 3. The van der Waals surface area contributed by atoms with Crippen molar-refractivity contribution < 1.29 is 49.4 Å². The first-order valence-corrected chi connectivity index (χ1v) is 28.0. The SMILES string of the molecule is C/C1=C/C=C/C(C)C[C@@H](C)C(O)[C@@H](C)C(OC(=O)N2CCC3(CCN(CC4CCCCC4)C3)C2)[C@H](C)C/C=C/OC(C)C(=O)c2c(O)c(C)c(O)c3c(O)c(c4c(c23)=NC2(CCN(CC(C)C)CC2)N=4)NC1=O.CO. The lowest BCUT2D eigenvalue weighted by Crippen LogP contribution is -2.43. The van der Waals surface area contributed by atoms with Gasteiger partial charge in [-0.15, -0.1) is 0 Å². The smallest absolute Gasteiger partial charge is 0.410 e. The highest BCUT2D eigenvalue weighted by Gasteiger charge is 2.47. The number of nitrogens with one attached hydrogen (secondary N) is 1. The lowest BCUT2D eigenvalue weighted by atomic mass is 9.80. The number of likely N-dealkylation sites (tertiary alicyclic amines) is 3. The number of fused-ring (bicyclic) bond motifs is 15. The van der Waals surface area contributed by atoms with Crippen LogP contribution in [0, 0.1) is 47.8 Å². The monoisotopic (exact) mass is 1040 g/mol. The molecule has 1 aliphatic carbocycles. The van der Waals surface area contributed by atoms with Crippen molar-refractivity contribution in [3.8, 4) is 17.2 Å². The summed E-state index contributed by atoms with van der Waals surface area (Å²) in [4.78, 5) is 60.2. The second-order valence-electron chi connectivity index (χ2n) is 23.7. The molecule has 2 aromatic rings. The molecule has 0 aromatic heterocycles. The molecular formula is C59H88N6O10. The van der Waals surface area contributed by atoms with E-state index in [1.54, 1.807) is 26.0 Å². The molecule has 7 aliphatic rings. The Morgan fingerprint density at radius 2 is 1.52 bits per heavy atom. The van der Waals surface area contributed by atoms with Crippen LogP contribution in [0.25, 0.3) is 10.8 Å². The fourth-order valence-corrected chi connectivity index (χ4v) is 13.0. The largest absolute Gasteiger partial charge is 0.507 e. The molecule has 2 aromatic carbocycles. The predicted molar refractivity (Wildman–Crippen MR) is 291 cm³/mol. The van der Waals surface area contributed by atoms with Crippen LogP contribution >= 0.6 is 0 Å². The summed E-state index contributed by atoms with van der Waals surface area (Å²) in [5, 5.41) is 57.8. The molecule has 9 rings (SSSR count). The summed E-state index contributed by atoms with van der Waals surface area (Å²) in [7, 11) is 1.00. The maximum absolute atomic E-state index is 14.7. The van der Waals surface area contributed by atoms with Gasteiger partial charge >= 0.3 is 6.09 Å². The number of piperidine rings is 1. The fraction of sp³-hybridized carbons (Fsp3) is 0.678. The van der Waals surface area contributed by atoms with Gasteiger partial charge in [0.25, 0.3) is 5.91 Å². The van der Waals surface area contributed by atoms with Crippen LogP contribution in [-0.4, -0.2) is 141 Å². The predicted octanol–water partition coefficient (Wildman–Crippen LogP) is 8.30. The number of aliphatic hydroxyl groups is 2. The maximum atomic E-state index is 14.7. The third kappa shape index (κ3) is 12.7. The molecule has 4 fully saturated rings. The number of ketones is 1. The normalized spacial score (nSPS) is 31.0. The number of anilines is 1. The highest BCUT2D eigenvalue weighted by molar-refractivity contribution is 6.17. The van der Waals surface area contributed by atoms with Crippen LogP contribution in [-0.2, 0) is 14.3 Å². The van der Waals surface area contributed by atoms with Crippen molar-refractivity contribution in [1.82, 2.24) is 14.7 Å². The number of hydrogen-bond acceptors (Lipinski definition) is 14. The molecule has 1 saturated carbocycles. The first kappa shape index (κ1) is 57.7. The lowest BCUT2D eigenvalue weighted by molar-refractivity contribution is -0.112. The van der Waals surface area contributed by atoms with Crippen LogP contribution in [0.15, 0.2) is 46.1 Å². The molecule has 0 radical (unpaired) electrons. The van der Waals surface area contributed by atoms with Gasteiger partial charge in [0.05, 0.1) is 28.7 Å². The van der Waals surface area contributed by atoms with Crippen LogP contribution in [0.3, 0.4) is 0 Å². The first-order chi connectivity index (χ1) is 35.7. The number of aliphatic hydroxyl groups excluding tert-OH is 2. The molecule has 6 N–H and O–H groups in total. The summed E-state index contributed by atoms with van der Waals surface area (Å²) in [6.07, 6.45) is 16.5. The summed E-state index contributed by atoms with van der Waals surface area (Å²) in [5.74, 6) is -2.22. The molecule has 6 heterocycles. The fourth-order valence-electron chi connectivity index (χ4n) is 13.0. The summed E-state index contributed by atoms with van der Waals surface area (Å²) in [6, 6.07) is 0. The molecule has 414 valence electrons. The molecule has 8 atom stereocenters. The number of carbonyl (C=O) groups excluding carboxylic acids is 3. The minimum atomic E-state index is -1.16.